The van der Waals surface area contributed by atoms with E-state index in [0.29, 0.717) is 12.2 Å². The summed E-state index contributed by atoms with van der Waals surface area (Å²) in [6.45, 7) is 0.383. The lowest BCUT2D eigenvalue weighted by Gasteiger charge is -2.06. The Bertz CT molecular complexity index is 857. The van der Waals surface area contributed by atoms with Gasteiger partial charge in [0.2, 0.25) is 5.82 Å². The molecule has 0 aliphatic heterocycles. The molecular formula is C13H10N4O3S. The number of anilines is 1. The maximum Gasteiger partial charge on any atom is 0.376 e. The van der Waals surface area contributed by atoms with Crippen molar-refractivity contribution in [2.45, 2.75) is 6.54 Å². The summed E-state index contributed by atoms with van der Waals surface area (Å²) >= 11 is 1.52. The second kappa shape index (κ2) is 5.33. The van der Waals surface area contributed by atoms with Gasteiger partial charge in [0, 0.05) is 11.1 Å². The van der Waals surface area contributed by atoms with Crippen LogP contribution in [0, 0.1) is 10.1 Å². The first-order valence-corrected chi connectivity index (χ1v) is 6.97. The van der Waals surface area contributed by atoms with Gasteiger partial charge in [0.05, 0.1) is 11.5 Å². The SMILES string of the molecule is O=c1c([N+](=O)[O-])c(NCc2cccs2)nc2ccccn12. The summed E-state index contributed by atoms with van der Waals surface area (Å²) in [5.74, 6) is -0.00963. The summed E-state index contributed by atoms with van der Waals surface area (Å²) in [7, 11) is 0. The van der Waals surface area contributed by atoms with Crippen LogP contribution in [-0.4, -0.2) is 14.3 Å². The average Bonchev–Trinajstić information content (AvgIpc) is 2.98. The molecule has 0 amide bonds. The molecule has 8 heteroatoms. The zero-order valence-corrected chi connectivity index (χ0v) is 11.5. The number of fused-ring (bicyclic) bond motifs is 1. The summed E-state index contributed by atoms with van der Waals surface area (Å²) in [4.78, 5) is 27.8. The molecule has 0 atom stereocenters. The van der Waals surface area contributed by atoms with Crippen molar-refractivity contribution in [3.63, 3.8) is 0 Å². The molecule has 21 heavy (non-hydrogen) atoms. The number of aromatic nitrogens is 2. The zero-order chi connectivity index (χ0) is 14.8. The largest absolute Gasteiger partial charge is 0.376 e. The molecule has 3 heterocycles. The Kier molecular flexibility index (Phi) is 3.36. The fourth-order valence-electron chi connectivity index (χ4n) is 1.95. The van der Waals surface area contributed by atoms with E-state index in [-0.39, 0.29) is 5.82 Å². The van der Waals surface area contributed by atoms with Gasteiger partial charge in [-0.2, -0.15) is 0 Å². The average molecular weight is 302 g/mol. The first kappa shape index (κ1) is 13.3. The summed E-state index contributed by atoms with van der Waals surface area (Å²) in [5, 5.41) is 15.9. The molecule has 7 nitrogen and oxygen atoms in total. The Hall–Kier alpha value is -2.74. The van der Waals surface area contributed by atoms with Crippen LogP contribution in [0.2, 0.25) is 0 Å². The molecule has 0 saturated carbocycles. The summed E-state index contributed by atoms with van der Waals surface area (Å²) < 4.78 is 1.16. The molecule has 1 N–H and O–H groups in total. The molecule has 106 valence electrons. The van der Waals surface area contributed by atoms with Gasteiger partial charge >= 0.3 is 11.2 Å². The highest BCUT2D eigenvalue weighted by Gasteiger charge is 2.23. The number of pyridine rings is 1. The van der Waals surface area contributed by atoms with E-state index in [1.54, 1.807) is 18.2 Å². The fraction of sp³-hybridized carbons (Fsp3) is 0.0769. The zero-order valence-electron chi connectivity index (χ0n) is 10.7. The van der Waals surface area contributed by atoms with Gasteiger partial charge in [0.15, 0.2) is 0 Å². The Balaban J connectivity index is 2.09. The van der Waals surface area contributed by atoms with Crippen LogP contribution < -0.4 is 10.9 Å². The molecule has 0 saturated heterocycles. The Morgan fingerprint density at radius 2 is 2.19 bits per heavy atom. The Labute approximate surface area is 122 Å². The fourth-order valence-corrected chi connectivity index (χ4v) is 2.60. The predicted octanol–water partition coefficient (Wildman–Crippen LogP) is 2.28. The first-order valence-electron chi connectivity index (χ1n) is 6.09. The number of hydrogen-bond acceptors (Lipinski definition) is 6. The van der Waals surface area contributed by atoms with E-state index in [1.807, 2.05) is 17.5 Å². The van der Waals surface area contributed by atoms with Crippen LogP contribution in [0.25, 0.3) is 5.65 Å². The van der Waals surface area contributed by atoms with Gasteiger partial charge in [0.1, 0.15) is 5.65 Å². The van der Waals surface area contributed by atoms with Gasteiger partial charge in [-0.15, -0.1) is 11.3 Å². The van der Waals surface area contributed by atoms with Crippen molar-refractivity contribution in [3.8, 4) is 0 Å². The van der Waals surface area contributed by atoms with Crippen LogP contribution in [-0.2, 0) is 6.54 Å². The minimum Gasteiger partial charge on any atom is -0.359 e. The quantitative estimate of drug-likeness (QED) is 0.590. The Morgan fingerprint density at radius 3 is 2.90 bits per heavy atom. The Morgan fingerprint density at radius 1 is 1.33 bits per heavy atom. The van der Waals surface area contributed by atoms with E-state index in [0.717, 1.165) is 9.28 Å². The van der Waals surface area contributed by atoms with Gasteiger partial charge in [0.25, 0.3) is 0 Å². The van der Waals surface area contributed by atoms with Crippen LogP contribution >= 0.6 is 11.3 Å². The number of rotatable bonds is 4. The highest BCUT2D eigenvalue weighted by Crippen LogP contribution is 2.19. The second-order valence-electron chi connectivity index (χ2n) is 4.23. The topological polar surface area (TPSA) is 89.5 Å². The molecule has 0 unspecified atom stereocenters. The van der Waals surface area contributed by atoms with Crippen molar-refractivity contribution >= 4 is 28.5 Å². The van der Waals surface area contributed by atoms with Crippen molar-refractivity contribution in [1.29, 1.82) is 0 Å². The molecule has 0 spiro atoms. The minimum atomic E-state index is -0.703. The van der Waals surface area contributed by atoms with Crippen LogP contribution in [0.1, 0.15) is 4.88 Å². The minimum absolute atomic E-state index is 0.00963. The maximum atomic E-state index is 12.2. The normalized spacial score (nSPS) is 10.7. The van der Waals surface area contributed by atoms with Gasteiger partial charge in [-0.05, 0) is 23.6 Å². The van der Waals surface area contributed by atoms with E-state index >= 15 is 0 Å². The molecule has 3 rings (SSSR count). The van der Waals surface area contributed by atoms with Gasteiger partial charge in [-0.25, -0.2) is 4.98 Å². The van der Waals surface area contributed by atoms with Crippen molar-refractivity contribution in [1.82, 2.24) is 9.38 Å². The van der Waals surface area contributed by atoms with Crippen molar-refractivity contribution in [3.05, 3.63) is 67.3 Å². The summed E-state index contributed by atoms with van der Waals surface area (Å²) in [5.41, 5.74) is -0.878. The third-order valence-corrected chi connectivity index (χ3v) is 3.78. The van der Waals surface area contributed by atoms with Gasteiger partial charge in [-0.3, -0.25) is 19.3 Å². The summed E-state index contributed by atoms with van der Waals surface area (Å²) in [6.07, 6.45) is 1.46. The van der Waals surface area contributed by atoms with Crippen molar-refractivity contribution in [2.24, 2.45) is 0 Å². The van der Waals surface area contributed by atoms with Crippen molar-refractivity contribution in [2.75, 3.05) is 5.32 Å². The summed E-state index contributed by atoms with van der Waals surface area (Å²) in [6, 6.07) is 8.76. The molecule has 0 fully saturated rings. The molecular weight excluding hydrogens is 292 g/mol. The highest BCUT2D eigenvalue weighted by atomic mass is 32.1. The van der Waals surface area contributed by atoms with E-state index < -0.39 is 16.2 Å². The molecule has 0 aliphatic carbocycles. The van der Waals surface area contributed by atoms with Crippen LogP contribution in [0.3, 0.4) is 0 Å². The third kappa shape index (κ3) is 2.48. The monoisotopic (exact) mass is 302 g/mol. The lowest BCUT2D eigenvalue weighted by molar-refractivity contribution is -0.385. The van der Waals surface area contributed by atoms with Crippen molar-refractivity contribution < 1.29 is 4.92 Å². The third-order valence-electron chi connectivity index (χ3n) is 2.90. The molecule has 0 bridgehead atoms. The highest BCUT2D eigenvalue weighted by molar-refractivity contribution is 7.09. The van der Waals surface area contributed by atoms with Crippen LogP contribution in [0.5, 0.6) is 0 Å². The van der Waals surface area contributed by atoms with Gasteiger partial charge < -0.3 is 5.32 Å². The smallest absolute Gasteiger partial charge is 0.359 e. The number of nitrogens with one attached hydrogen (secondary N) is 1. The van der Waals surface area contributed by atoms with E-state index in [9.17, 15) is 14.9 Å². The van der Waals surface area contributed by atoms with E-state index in [2.05, 4.69) is 10.3 Å². The number of nitrogens with zero attached hydrogens (tertiary/aromatic N) is 3. The maximum absolute atomic E-state index is 12.2. The standard InChI is InChI=1S/C13H10N4O3S/c18-13-11(17(19)20)12(14-8-9-4-3-7-21-9)15-10-5-1-2-6-16(10)13/h1-7,14H,8H2. The molecule has 3 aromatic rings. The van der Waals surface area contributed by atoms with Gasteiger partial charge in [-0.1, -0.05) is 12.1 Å². The molecule has 0 aromatic carbocycles. The lowest BCUT2D eigenvalue weighted by atomic mass is 10.4. The number of nitro groups is 1. The van der Waals surface area contributed by atoms with Crippen LogP contribution in [0.4, 0.5) is 11.5 Å². The molecule has 3 aromatic heterocycles. The van der Waals surface area contributed by atoms with E-state index in [1.165, 1.54) is 17.5 Å². The number of thiophene rings is 1. The van der Waals surface area contributed by atoms with E-state index in [4.69, 9.17) is 0 Å². The lowest BCUT2D eigenvalue weighted by Crippen LogP contribution is -2.21. The molecule has 0 aliphatic rings. The molecule has 0 radical (unpaired) electrons. The first-order chi connectivity index (χ1) is 10.2. The van der Waals surface area contributed by atoms with Crippen LogP contribution in [0.15, 0.2) is 46.7 Å². The predicted molar refractivity (Wildman–Crippen MR) is 79.8 cm³/mol. The number of hydrogen-bond donors (Lipinski definition) is 1. The second-order valence-corrected chi connectivity index (χ2v) is 5.27.